The Morgan fingerprint density at radius 1 is 1.25 bits per heavy atom. The summed E-state index contributed by atoms with van der Waals surface area (Å²) >= 11 is 3.27. The smallest absolute Gasteiger partial charge is 0.406 e. The lowest BCUT2D eigenvalue weighted by atomic mass is 10.3. The zero-order chi connectivity index (χ0) is 14.8. The van der Waals surface area contributed by atoms with E-state index in [2.05, 4.69) is 25.8 Å². The molecule has 2 rings (SSSR count). The van der Waals surface area contributed by atoms with Gasteiger partial charge in [0.15, 0.2) is 0 Å². The van der Waals surface area contributed by atoms with E-state index in [1.165, 1.54) is 24.3 Å². The zero-order valence-corrected chi connectivity index (χ0v) is 11.9. The lowest BCUT2D eigenvalue weighted by Crippen LogP contribution is -2.17. The minimum atomic E-state index is -4.69. The molecular weight excluding hydrogens is 337 g/mol. The van der Waals surface area contributed by atoms with E-state index in [1.807, 2.05) is 19.1 Å². The van der Waals surface area contributed by atoms with Gasteiger partial charge < -0.3 is 4.74 Å². The highest BCUT2D eigenvalue weighted by molar-refractivity contribution is 9.10. The molecule has 106 valence electrons. The molecule has 0 radical (unpaired) electrons. The van der Waals surface area contributed by atoms with Crippen molar-refractivity contribution in [3.63, 3.8) is 0 Å². The van der Waals surface area contributed by atoms with Gasteiger partial charge in [0.05, 0.1) is 11.4 Å². The number of benzene rings is 1. The van der Waals surface area contributed by atoms with Gasteiger partial charge in [-0.25, -0.2) is 4.68 Å². The standard InChI is InChI=1S/C13H10BrF3N2O/c1-2-3-10-8-12(14)18-19(10)9-4-6-11(7-5-9)20-13(15,16)17/h2-8H,1H3/b3-2+. The SMILES string of the molecule is C/C=C/c1cc(Br)nn1-c1ccc(OC(F)(F)F)cc1. The van der Waals surface area contributed by atoms with E-state index in [0.717, 1.165) is 5.69 Å². The third kappa shape index (κ3) is 3.63. The van der Waals surface area contributed by atoms with Crippen LogP contribution in [-0.2, 0) is 0 Å². The summed E-state index contributed by atoms with van der Waals surface area (Å²) in [6, 6.07) is 7.32. The van der Waals surface area contributed by atoms with Crippen LogP contribution in [0.4, 0.5) is 13.2 Å². The maximum atomic E-state index is 12.1. The average Bonchev–Trinajstić information content (AvgIpc) is 2.70. The Bertz CT molecular complexity index is 618. The van der Waals surface area contributed by atoms with Crippen molar-refractivity contribution < 1.29 is 17.9 Å². The van der Waals surface area contributed by atoms with Gasteiger partial charge in [0.25, 0.3) is 0 Å². The predicted octanol–water partition coefficient (Wildman–Crippen LogP) is 4.57. The van der Waals surface area contributed by atoms with E-state index in [4.69, 9.17) is 0 Å². The summed E-state index contributed by atoms with van der Waals surface area (Å²) < 4.78 is 42.3. The first-order valence-corrected chi connectivity index (χ1v) is 6.43. The molecule has 0 saturated heterocycles. The molecule has 0 saturated carbocycles. The molecule has 0 unspecified atom stereocenters. The highest BCUT2D eigenvalue weighted by atomic mass is 79.9. The molecule has 7 heteroatoms. The first kappa shape index (κ1) is 14.6. The van der Waals surface area contributed by atoms with Crippen LogP contribution >= 0.6 is 15.9 Å². The van der Waals surface area contributed by atoms with Crippen molar-refractivity contribution in [2.75, 3.05) is 0 Å². The number of ether oxygens (including phenoxy) is 1. The van der Waals surface area contributed by atoms with E-state index in [-0.39, 0.29) is 5.75 Å². The third-order valence-electron chi connectivity index (χ3n) is 2.36. The molecule has 1 aromatic carbocycles. The summed E-state index contributed by atoms with van der Waals surface area (Å²) in [7, 11) is 0. The number of rotatable bonds is 3. The normalized spacial score (nSPS) is 12.1. The Morgan fingerprint density at radius 2 is 1.90 bits per heavy atom. The molecule has 0 aliphatic carbocycles. The van der Waals surface area contributed by atoms with Gasteiger partial charge in [0, 0.05) is 0 Å². The molecule has 1 aromatic heterocycles. The van der Waals surface area contributed by atoms with E-state index >= 15 is 0 Å². The molecule has 0 N–H and O–H groups in total. The molecule has 0 aliphatic heterocycles. The average molecular weight is 347 g/mol. The lowest BCUT2D eigenvalue weighted by Gasteiger charge is -2.10. The van der Waals surface area contributed by atoms with Crippen molar-refractivity contribution in [2.45, 2.75) is 13.3 Å². The molecule has 0 fully saturated rings. The van der Waals surface area contributed by atoms with E-state index < -0.39 is 6.36 Å². The number of alkyl halides is 3. The highest BCUT2D eigenvalue weighted by Crippen LogP contribution is 2.24. The lowest BCUT2D eigenvalue weighted by molar-refractivity contribution is -0.274. The first-order valence-electron chi connectivity index (χ1n) is 5.63. The van der Waals surface area contributed by atoms with Crippen LogP contribution in [0.2, 0.25) is 0 Å². The van der Waals surface area contributed by atoms with Crippen molar-refractivity contribution in [1.29, 1.82) is 0 Å². The summed E-state index contributed by atoms with van der Waals surface area (Å²) in [5.41, 5.74) is 1.45. The Hall–Kier alpha value is -1.76. The molecule has 0 amide bonds. The van der Waals surface area contributed by atoms with E-state index in [9.17, 15) is 13.2 Å². The van der Waals surface area contributed by atoms with Crippen LogP contribution in [0.15, 0.2) is 41.0 Å². The quantitative estimate of drug-likeness (QED) is 0.814. The largest absolute Gasteiger partial charge is 0.573 e. The van der Waals surface area contributed by atoms with Crippen LogP contribution in [0, 0.1) is 0 Å². The molecule has 20 heavy (non-hydrogen) atoms. The molecular formula is C13H10BrF3N2O. The molecule has 0 spiro atoms. The molecule has 3 nitrogen and oxygen atoms in total. The summed E-state index contributed by atoms with van der Waals surface area (Å²) in [6.07, 6.45) is -0.995. The second-order valence-electron chi connectivity index (χ2n) is 3.85. The van der Waals surface area contributed by atoms with Crippen molar-refractivity contribution in [1.82, 2.24) is 9.78 Å². The maximum Gasteiger partial charge on any atom is 0.573 e. The van der Waals surface area contributed by atoms with Gasteiger partial charge in [0.2, 0.25) is 0 Å². The maximum absolute atomic E-state index is 12.1. The van der Waals surface area contributed by atoms with Crippen molar-refractivity contribution >= 4 is 22.0 Å². The molecule has 2 aromatic rings. The minimum Gasteiger partial charge on any atom is -0.406 e. The van der Waals surface area contributed by atoms with Gasteiger partial charge in [0.1, 0.15) is 10.4 Å². The summed E-state index contributed by atoms with van der Waals surface area (Å²) in [6.45, 7) is 1.87. The Morgan fingerprint density at radius 3 is 2.45 bits per heavy atom. The molecule has 0 bridgehead atoms. The van der Waals surface area contributed by atoms with Gasteiger partial charge >= 0.3 is 6.36 Å². The Kier molecular flexibility index (Phi) is 4.17. The van der Waals surface area contributed by atoms with Crippen LogP contribution in [0.5, 0.6) is 5.75 Å². The number of allylic oxidation sites excluding steroid dienone is 1. The Balaban J connectivity index is 2.30. The van der Waals surface area contributed by atoms with Crippen LogP contribution in [0.3, 0.4) is 0 Å². The summed E-state index contributed by atoms with van der Waals surface area (Å²) in [5.74, 6) is -0.264. The first-order chi connectivity index (χ1) is 9.39. The third-order valence-corrected chi connectivity index (χ3v) is 2.75. The van der Waals surface area contributed by atoms with Gasteiger partial charge in [-0.3, -0.25) is 0 Å². The summed E-state index contributed by atoms with van der Waals surface area (Å²) in [5, 5.41) is 4.22. The van der Waals surface area contributed by atoms with Gasteiger partial charge in [-0.15, -0.1) is 13.2 Å². The fourth-order valence-corrected chi connectivity index (χ4v) is 2.04. The highest BCUT2D eigenvalue weighted by Gasteiger charge is 2.30. The molecule has 1 heterocycles. The topological polar surface area (TPSA) is 27.1 Å². The number of aromatic nitrogens is 2. The van der Waals surface area contributed by atoms with Gasteiger partial charge in [-0.05, 0) is 59.3 Å². The number of nitrogens with zero attached hydrogens (tertiary/aromatic N) is 2. The fourth-order valence-electron chi connectivity index (χ4n) is 1.65. The number of halogens is 4. The van der Waals surface area contributed by atoms with Gasteiger partial charge in [-0.2, -0.15) is 5.10 Å². The Labute approximate surface area is 121 Å². The number of hydrogen-bond donors (Lipinski definition) is 0. The van der Waals surface area contributed by atoms with Crippen LogP contribution in [0.25, 0.3) is 11.8 Å². The van der Waals surface area contributed by atoms with Crippen LogP contribution < -0.4 is 4.74 Å². The fraction of sp³-hybridized carbons (Fsp3) is 0.154. The van der Waals surface area contributed by atoms with Crippen LogP contribution in [0.1, 0.15) is 12.6 Å². The number of hydrogen-bond acceptors (Lipinski definition) is 2. The van der Waals surface area contributed by atoms with Gasteiger partial charge in [-0.1, -0.05) is 6.08 Å². The molecule has 0 aliphatic rings. The van der Waals surface area contributed by atoms with E-state index in [1.54, 1.807) is 10.7 Å². The van der Waals surface area contributed by atoms with Crippen LogP contribution in [-0.4, -0.2) is 16.1 Å². The van der Waals surface area contributed by atoms with Crippen molar-refractivity contribution in [3.8, 4) is 11.4 Å². The second kappa shape index (κ2) is 5.70. The summed E-state index contributed by atoms with van der Waals surface area (Å²) in [4.78, 5) is 0. The second-order valence-corrected chi connectivity index (χ2v) is 4.66. The monoisotopic (exact) mass is 346 g/mol. The zero-order valence-electron chi connectivity index (χ0n) is 10.4. The molecule has 0 atom stereocenters. The minimum absolute atomic E-state index is 0.264. The van der Waals surface area contributed by atoms with Crippen molar-refractivity contribution in [3.05, 3.63) is 46.7 Å². The van der Waals surface area contributed by atoms with Crippen molar-refractivity contribution in [2.24, 2.45) is 0 Å². The predicted molar refractivity (Wildman–Crippen MR) is 72.7 cm³/mol. The van der Waals surface area contributed by atoms with E-state index in [0.29, 0.717) is 10.3 Å².